The number of nitrogens with two attached hydrogens (primary N) is 1. The largest absolute Gasteiger partial charge is 0.480 e. The van der Waals surface area contributed by atoms with E-state index in [1.165, 1.54) is 12.4 Å². The summed E-state index contributed by atoms with van der Waals surface area (Å²) in [6.45, 7) is 0. The molecule has 0 aliphatic heterocycles. The number of rotatable bonds is 2. The zero-order chi connectivity index (χ0) is 8.27. The smallest absolute Gasteiger partial charge is 0.325 e. The van der Waals surface area contributed by atoms with Gasteiger partial charge in [0, 0.05) is 12.4 Å². The maximum Gasteiger partial charge on any atom is 0.325 e. The predicted molar refractivity (Wildman–Crippen MR) is 53.3 cm³/mol. The van der Waals surface area contributed by atoms with Crippen LogP contribution in [0.3, 0.4) is 0 Å². The van der Waals surface area contributed by atoms with Gasteiger partial charge >= 0.3 is 5.97 Å². The van der Waals surface area contributed by atoms with Crippen LogP contribution in [0.25, 0.3) is 0 Å². The molecule has 0 bridgehead atoms. The number of aromatic nitrogens is 1. The van der Waals surface area contributed by atoms with Crippen LogP contribution in [0, 0.1) is 0 Å². The molecule has 0 radical (unpaired) electrons. The van der Waals surface area contributed by atoms with Crippen molar-refractivity contribution in [1.82, 2.24) is 4.98 Å². The second kappa shape index (κ2) is 6.65. The zero-order valence-corrected chi connectivity index (χ0v) is 8.22. The maximum absolute atomic E-state index is 10.4. The number of nitrogens with zero attached hydrogens (tertiary/aromatic N) is 1. The molecular formula is C7H10Cl2N2O2. The Bertz CT molecular complexity index is 256. The number of pyridine rings is 1. The lowest BCUT2D eigenvalue weighted by Crippen LogP contribution is -2.20. The highest BCUT2D eigenvalue weighted by Crippen LogP contribution is 2.07. The molecule has 6 heteroatoms. The van der Waals surface area contributed by atoms with E-state index in [1.807, 2.05) is 0 Å². The highest BCUT2D eigenvalue weighted by molar-refractivity contribution is 5.85. The van der Waals surface area contributed by atoms with E-state index in [2.05, 4.69) is 4.98 Å². The normalized spacial score (nSPS) is 10.5. The number of carbonyl (C=O) groups is 1. The van der Waals surface area contributed by atoms with Crippen LogP contribution in [0.2, 0.25) is 0 Å². The molecule has 0 amide bonds. The standard InChI is InChI=1S/C7H8N2O2.2ClH/c8-6(7(10)11)5-1-3-9-4-2-5;;/h1-4,6H,8H2,(H,10,11);2*1H/t6-;;/m1../s1. The number of hydrogen-bond donors (Lipinski definition) is 2. The molecule has 1 atom stereocenters. The minimum absolute atomic E-state index is 0. The average molecular weight is 225 g/mol. The van der Waals surface area contributed by atoms with Gasteiger partial charge in [-0.25, -0.2) is 0 Å². The summed E-state index contributed by atoms with van der Waals surface area (Å²) in [6, 6.07) is 2.22. The molecule has 0 aliphatic rings. The van der Waals surface area contributed by atoms with Gasteiger partial charge in [0.15, 0.2) is 0 Å². The SMILES string of the molecule is Cl.Cl.N[C@@H](C(=O)O)c1ccncc1. The van der Waals surface area contributed by atoms with E-state index < -0.39 is 12.0 Å². The monoisotopic (exact) mass is 224 g/mol. The van der Waals surface area contributed by atoms with Crippen molar-refractivity contribution in [3.05, 3.63) is 30.1 Å². The summed E-state index contributed by atoms with van der Waals surface area (Å²) >= 11 is 0. The second-order valence-corrected chi connectivity index (χ2v) is 2.10. The number of carboxylic acid groups (broad SMARTS) is 1. The Kier molecular flexibility index (Phi) is 7.51. The molecule has 0 unspecified atom stereocenters. The Hall–Kier alpha value is -0.840. The Morgan fingerprint density at radius 2 is 1.85 bits per heavy atom. The molecule has 0 aromatic carbocycles. The third-order valence-corrected chi connectivity index (χ3v) is 1.33. The van der Waals surface area contributed by atoms with Gasteiger partial charge in [-0.15, -0.1) is 24.8 Å². The third kappa shape index (κ3) is 4.07. The zero-order valence-electron chi connectivity index (χ0n) is 6.58. The van der Waals surface area contributed by atoms with E-state index in [4.69, 9.17) is 10.8 Å². The molecule has 0 aliphatic carbocycles. The van der Waals surface area contributed by atoms with E-state index in [0.29, 0.717) is 5.56 Å². The van der Waals surface area contributed by atoms with Gasteiger partial charge in [0.25, 0.3) is 0 Å². The van der Waals surface area contributed by atoms with Gasteiger partial charge < -0.3 is 10.8 Å². The fourth-order valence-corrected chi connectivity index (χ4v) is 0.713. The van der Waals surface area contributed by atoms with Crippen LogP contribution in [0.15, 0.2) is 24.5 Å². The van der Waals surface area contributed by atoms with E-state index in [1.54, 1.807) is 12.1 Å². The van der Waals surface area contributed by atoms with Crippen molar-refractivity contribution < 1.29 is 9.90 Å². The van der Waals surface area contributed by atoms with Crippen molar-refractivity contribution in [3.8, 4) is 0 Å². The second-order valence-electron chi connectivity index (χ2n) is 2.10. The number of hydrogen-bond acceptors (Lipinski definition) is 3. The van der Waals surface area contributed by atoms with Gasteiger partial charge in [0.2, 0.25) is 0 Å². The van der Waals surface area contributed by atoms with Crippen molar-refractivity contribution >= 4 is 30.8 Å². The van der Waals surface area contributed by atoms with E-state index in [9.17, 15) is 4.79 Å². The Morgan fingerprint density at radius 3 is 2.23 bits per heavy atom. The van der Waals surface area contributed by atoms with Gasteiger partial charge in [0.1, 0.15) is 6.04 Å². The minimum atomic E-state index is -1.03. The van der Waals surface area contributed by atoms with Crippen LogP contribution < -0.4 is 5.73 Å². The van der Waals surface area contributed by atoms with Gasteiger partial charge in [-0.05, 0) is 17.7 Å². The molecular weight excluding hydrogens is 215 g/mol. The summed E-state index contributed by atoms with van der Waals surface area (Å²) in [7, 11) is 0. The molecule has 1 rings (SSSR count). The van der Waals surface area contributed by atoms with Gasteiger partial charge in [-0.3, -0.25) is 9.78 Å². The van der Waals surface area contributed by atoms with Crippen molar-refractivity contribution in [2.45, 2.75) is 6.04 Å². The van der Waals surface area contributed by atoms with Gasteiger partial charge in [0.05, 0.1) is 0 Å². The molecule has 0 saturated carbocycles. The number of aliphatic carboxylic acids is 1. The minimum Gasteiger partial charge on any atom is -0.480 e. The van der Waals surface area contributed by atoms with Crippen LogP contribution in [0.4, 0.5) is 0 Å². The Labute approximate surface area is 88.0 Å². The summed E-state index contributed by atoms with van der Waals surface area (Å²) < 4.78 is 0. The van der Waals surface area contributed by atoms with E-state index >= 15 is 0 Å². The summed E-state index contributed by atoms with van der Waals surface area (Å²) in [5.74, 6) is -1.03. The highest BCUT2D eigenvalue weighted by Gasteiger charge is 2.12. The van der Waals surface area contributed by atoms with Crippen LogP contribution >= 0.6 is 24.8 Å². The average Bonchev–Trinajstić information content (AvgIpc) is 2.05. The molecule has 3 N–H and O–H groups in total. The van der Waals surface area contributed by atoms with Crippen LogP contribution in [0.1, 0.15) is 11.6 Å². The third-order valence-electron chi connectivity index (χ3n) is 1.33. The molecule has 0 fully saturated rings. The molecule has 4 nitrogen and oxygen atoms in total. The van der Waals surface area contributed by atoms with E-state index in [0.717, 1.165) is 0 Å². The topological polar surface area (TPSA) is 76.2 Å². The molecule has 1 heterocycles. The van der Waals surface area contributed by atoms with Gasteiger partial charge in [-0.1, -0.05) is 0 Å². The van der Waals surface area contributed by atoms with Crippen LogP contribution in [0.5, 0.6) is 0 Å². The first-order valence-corrected chi connectivity index (χ1v) is 3.10. The lowest BCUT2D eigenvalue weighted by atomic mass is 10.1. The molecule has 0 saturated heterocycles. The Balaban J connectivity index is 0. The summed E-state index contributed by atoms with van der Waals surface area (Å²) in [5.41, 5.74) is 5.87. The summed E-state index contributed by atoms with van der Waals surface area (Å²) in [5, 5.41) is 8.49. The lowest BCUT2D eigenvalue weighted by molar-refractivity contribution is -0.138. The summed E-state index contributed by atoms with van der Waals surface area (Å²) in [4.78, 5) is 14.1. The fourth-order valence-electron chi connectivity index (χ4n) is 0.713. The van der Waals surface area contributed by atoms with Crippen LogP contribution in [-0.2, 0) is 4.79 Å². The fraction of sp³-hybridized carbons (Fsp3) is 0.143. The molecule has 74 valence electrons. The molecule has 13 heavy (non-hydrogen) atoms. The molecule has 1 aromatic rings. The van der Waals surface area contributed by atoms with Gasteiger partial charge in [-0.2, -0.15) is 0 Å². The quantitative estimate of drug-likeness (QED) is 0.787. The number of carboxylic acids is 1. The first kappa shape index (κ1) is 14.7. The molecule has 1 aromatic heterocycles. The van der Waals surface area contributed by atoms with Crippen molar-refractivity contribution in [1.29, 1.82) is 0 Å². The number of halogens is 2. The van der Waals surface area contributed by atoms with Crippen molar-refractivity contribution in [2.24, 2.45) is 5.73 Å². The van der Waals surface area contributed by atoms with Crippen LogP contribution in [-0.4, -0.2) is 16.1 Å². The van der Waals surface area contributed by atoms with Crippen molar-refractivity contribution in [3.63, 3.8) is 0 Å². The first-order valence-electron chi connectivity index (χ1n) is 3.10. The Morgan fingerprint density at radius 1 is 1.38 bits per heavy atom. The van der Waals surface area contributed by atoms with E-state index in [-0.39, 0.29) is 24.8 Å². The maximum atomic E-state index is 10.4. The summed E-state index contributed by atoms with van der Waals surface area (Å²) in [6.07, 6.45) is 3.02. The first-order chi connectivity index (χ1) is 5.22. The highest BCUT2D eigenvalue weighted by atomic mass is 35.5. The van der Waals surface area contributed by atoms with Crippen molar-refractivity contribution in [2.75, 3.05) is 0 Å². The predicted octanol–water partition coefficient (Wildman–Crippen LogP) is 1.01. The lowest BCUT2D eigenvalue weighted by Gasteiger charge is -2.04. The molecule has 0 spiro atoms.